The van der Waals surface area contributed by atoms with Crippen LogP contribution >= 0.6 is 0 Å². The number of nitro benzene ring substituents is 1. The van der Waals surface area contributed by atoms with Crippen LogP contribution in [-0.2, 0) is 6.42 Å². The maximum absolute atomic E-state index is 10.7. The Labute approximate surface area is 123 Å². The van der Waals surface area contributed by atoms with Gasteiger partial charge in [0.05, 0.1) is 4.92 Å². The molecule has 3 rings (SSSR count). The normalized spacial score (nSPS) is 15.6. The molecule has 1 atom stereocenters. The van der Waals surface area contributed by atoms with Gasteiger partial charge in [-0.1, -0.05) is 24.3 Å². The summed E-state index contributed by atoms with van der Waals surface area (Å²) in [7, 11) is 0. The molecular weight excluding hydrogens is 264 g/mol. The first-order valence-electron chi connectivity index (χ1n) is 7.22. The fourth-order valence-electron chi connectivity index (χ4n) is 2.81. The number of non-ortho nitro benzene ring substituents is 1. The van der Waals surface area contributed by atoms with Gasteiger partial charge in [-0.2, -0.15) is 0 Å². The maximum Gasteiger partial charge on any atom is 0.269 e. The standard InChI is InChI=1S/C17H18N2O2/c18-15-7-1-12(2-8-15)11-17(13-3-4-13)14-5-9-16(10-6-14)19(20)21/h1-2,5-10,13,17H,3-4,11,18H2. The average molecular weight is 282 g/mol. The molecule has 108 valence electrons. The van der Waals surface area contributed by atoms with E-state index in [2.05, 4.69) is 12.1 Å². The van der Waals surface area contributed by atoms with Gasteiger partial charge in [-0.25, -0.2) is 0 Å². The molecule has 2 aromatic carbocycles. The van der Waals surface area contributed by atoms with Gasteiger partial charge in [0, 0.05) is 17.8 Å². The lowest BCUT2D eigenvalue weighted by atomic mass is 9.88. The van der Waals surface area contributed by atoms with Crippen molar-refractivity contribution >= 4 is 11.4 Å². The molecule has 4 heteroatoms. The van der Waals surface area contributed by atoms with E-state index in [1.807, 2.05) is 24.3 Å². The molecule has 2 aromatic rings. The summed E-state index contributed by atoms with van der Waals surface area (Å²) >= 11 is 0. The third-order valence-corrected chi connectivity index (χ3v) is 4.16. The molecule has 1 saturated carbocycles. The van der Waals surface area contributed by atoms with Crippen molar-refractivity contribution < 1.29 is 4.92 Å². The quantitative estimate of drug-likeness (QED) is 0.513. The van der Waals surface area contributed by atoms with E-state index in [1.54, 1.807) is 12.1 Å². The smallest absolute Gasteiger partial charge is 0.269 e. The zero-order chi connectivity index (χ0) is 14.8. The van der Waals surface area contributed by atoms with Gasteiger partial charge in [-0.05, 0) is 54.4 Å². The van der Waals surface area contributed by atoms with Gasteiger partial charge in [-0.3, -0.25) is 10.1 Å². The van der Waals surface area contributed by atoms with Crippen LogP contribution in [-0.4, -0.2) is 4.92 Å². The molecule has 2 N–H and O–H groups in total. The number of nitrogens with two attached hydrogens (primary N) is 1. The van der Waals surface area contributed by atoms with Crippen LogP contribution in [0.25, 0.3) is 0 Å². The Balaban J connectivity index is 1.81. The van der Waals surface area contributed by atoms with E-state index in [-0.39, 0.29) is 10.6 Å². The summed E-state index contributed by atoms with van der Waals surface area (Å²) in [5.41, 5.74) is 9.11. The van der Waals surface area contributed by atoms with Crippen LogP contribution in [0.2, 0.25) is 0 Å². The van der Waals surface area contributed by atoms with Crippen LogP contribution in [0.4, 0.5) is 11.4 Å². The summed E-state index contributed by atoms with van der Waals surface area (Å²) in [4.78, 5) is 10.4. The van der Waals surface area contributed by atoms with Gasteiger partial charge < -0.3 is 5.73 Å². The van der Waals surface area contributed by atoms with E-state index in [9.17, 15) is 10.1 Å². The van der Waals surface area contributed by atoms with E-state index in [0.717, 1.165) is 12.1 Å². The van der Waals surface area contributed by atoms with Crippen LogP contribution in [0.5, 0.6) is 0 Å². The van der Waals surface area contributed by atoms with Crippen molar-refractivity contribution in [2.45, 2.75) is 25.2 Å². The molecule has 21 heavy (non-hydrogen) atoms. The summed E-state index contributed by atoms with van der Waals surface area (Å²) in [5.74, 6) is 1.14. The Morgan fingerprint density at radius 2 is 1.71 bits per heavy atom. The lowest BCUT2D eigenvalue weighted by molar-refractivity contribution is -0.384. The molecule has 4 nitrogen and oxygen atoms in total. The molecule has 0 saturated heterocycles. The maximum atomic E-state index is 10.7. The molecule has 1 unspecified atom stereocenters. The second-order valence-electron chi connectivity index (χ2n) is 5.74. The van der Waals surface area contributed by atoms with Crippen molar-refractivity contribution in [3.05, 3.63) is 69.8 Å². The summed E-state index contributed by atoms with van der Waals surface area (Å²) in [5, 5.41) is 10.7. The van der Waals surface area contributed by atoms with Crippen LogP contribution in [0.15, 0.2) is 48.5 Å². The molecule has 0 heterocycles. The van der Waals surface area contributed by atoms with Crippen molar-refractivity contribution in [1.29, 1.82) is 0 Å². The highest BCUT2D eigenvalue weighted by Crippen LogP contribution is 2.44. The SMILES string of the molecule is Nc1ccc(CC(c2ccc([N+](=O)[O-])cc2)C2CC2)cc1. The van der Waals surface area contributed by atoms with Crippen molar-refractivity contribution in [3.8, 4) is 0 Å². The van der Waals surface area contributed by atoms with Crippen LogP contribution in [0.3, 0.4) is 0 Å². The van der Waals surface area contributed by atoms with Gasteiger partial charge >= 0.3 is 0 Å². The highest BCUT2D eigenvalue weighted by molar-refractivity contribution is 5.40. The molecule has 1 aliphatic carbocycles. The minimum Gasteiger partial charge on any atom is -0.399 e. The number of nitrogen functional groups attached to an aromatic ring is 1. The molecule has 0 amide bonds. The van der Waals surface area contributed by atoms with E-state index in [1.165, 1.54) is 24.0 Å². The highest BCUT2D eigenvalue weighted by atomic mass is 16.6. The van der Waals surface area contributed by atoms with Gasteiger partial charge in [-0.15, -0.1) is 0 Å². The first-order valence-corrected chi connectivity index (χ1v) is 7.22. The average Bonchev–Trinajstić information content (AvgIpc) is 3.31. The Hall–Kier alpha value is -2.36. The Bertz CT molecular complexity index is 631. The zero-order valence-electron chi connectivity index (χ0n) is 11.7. The minimum atomic E-state index is -0.351. The molecule has 1 fully saturated rings. The summed E-state index contributed by atoms with van der Waals surface area (Å²) in [6, 6.07) is 15.0. The Morgan fingerprint density at radius 1 is 1.10 bits per heavy atom. The first kappa shape index (κ1) is 13.6. The molecule has 0 radical (unpaired) electrons. The first-order chi connectivity index (χ1) is 10.1. The van der Waals surface area contributed by atoms with Crippen LogP contribution in [0, 0.1) is 16.0 Å². The lowest BCUT2D eigenvalue weighted by Gasteiger charge is -2.17. The Kier molecular flexibility index (Phi) is 3.60. The molecule has 0 aromatic heterocycles. The van der Waals surface area contributed by atoms with E-state index in [0.29, 0.717) is 11.8 Å². The van der Waals surface area contributed by atoms with Gasteiger partial charge in [0.1, 0.15) is 0 Å². The monoisotopic (exact) mass is 282 g/mol. The number of rotatable bonds is 5. The van der Waals surface area contributed by atoms with Crippen molar-refractivity contribution in [1.82, 2.24) is 0 Å². The molecular formula is C17H18N2O2. The summed E-state index contributed by atoms with van der Waals surface area (Å²) in [6.45, 7) is 0. The van der Waals surface area contributed by atoms with Crippen molar-refractivity contribution in [3.63, 3.8) is 0 Å². The molecule has 0 bridgehead atoms. The van der Waals surface area contributed by atoms with Crippen LogP contribution in [0.1, 0.15) is 29.9 Å². The number of benzene rings is 2. The number of nitrogens with zero attached hydrogens (tertiary/aromatic N) is 1. The second kappa shape index (κ2) is 5.56. The lowest BCUT2D eigenvalue weighted by Crippen LogP contribution is -2.05. The fraction of sp³-hybridized carbons (Fsp3) is 0.294. The predicted octanol–water partition coefficient (Wildman–Crippen LogP) is 3.91. The molecule has 0 aliphatic heterocycles. The number of nitro groups is 1. The molecule has 0 spiro atoms. The minimum absolute atomic E-state index is 0.154. The van der Waals surface area contributed by atoms with Crippen LogP contribution < -0.4 is 5.73 Å². The largest absolute Gasteiger partial charge is 0.399 e. The summed E-state index contributed by atoms with van der Waals surface area (Å²) < 4.78 is 0. The highest BCUT2D eigenvalue weighted by Gasteiger charge is 2.32. The third-order valence-electron chi connectivity index (χ3n) is 4.16. The molecule has 1 aliphatic rings. The van der Waals surface area contributed by atoms with Gasteiger partial charge in [0.25, 0.3) is 5.69 Å². The number of hydrogen-bond donors (Lipinski definition) is 1. The van der Waals surface area contributed by atoms with Gasteiger partial charge in [0.2, 0.25) is 0 Å². The number of hydrogen-bond acceptors (Lipinski definition) is 3. The fourth-order valence-corrected chi connectivity index (χ4v) is 2.81. The predicted molar refractivity (Wildman–Crippen MR) is 83.1 cm³/mol. The zero-order valence-corrected chi connectivity index (χ0v) is 11.7. The van der Waals surface area contributed by atoms with E-state index >= 15 is 0 Å². The Morgan fingerprint density at radius 3 is 2.24 bits per heavy atom. The topological polar surface area (TPSA) is 69.2 Å². The van der Waals surface area contributed by atoms with Gasteiger partial charge in [0.15, 0.2) is 0 Å². The van der Waals surface area contributed by atoms with Crippen molar-refractivity contribution in [2.75, 3.05) is 5.73 Å². The van der Waals surface area contributed by atoms with E-state index in [4.69, 9.17) is 5.73 Å². The third kappa shape index (κ3) is 3.21. The second-order valence-corrected chi connectivity index (χ2v) is 5.74. The number of anilines is 1. The van der Waals surface area contributed by atoms with Crippen molar-refractivity contribution in [2.24, 2.45) is 5.92 Å². The summed E-state index contributed by atoms with van der Waals surface area (Å²) in [6.07, 6.45) is 3.45. The van der Waals surface area contributed by atoms with E-state index < -0.39 is 0 Å².